The van der Waals surface area contributed by atoms with Crippen molar-refractivity contribution in [1.29, 1.82) is 0 Å². The van der Waals surface area contributed by atoms with E-state index in [2.05, 4.69) is 21.6 Å². The summed E-state index contributed by atoms with van der Waals surface area (Å²) in [5, 5.41) is 2.69. The van der Waals surface area contributed by atoms with Crippen molar-refractivity contribution in [3.05, 3.63) is 64.2 Å². The Bertz CT molecular complexity index is 718. The number of anilines is 1. The molecule has 1 aromatic carbocycles. The second-order valence-electron chi connectivity index (χ2n) is 3.88. The summed E-state index contributed by atoms with van der Waals surface area (Å²) in [4.78, 5) is 22.7. The second-order valence-corrected chi connectivity index (χ2v) is 3.88. The lowest BCUT2D eigenvalue weighted by Crippen LogP contribution is -2.13. The minimum absolute atomic E-state index is 0.267. The molecule has 0 atom stereocenters. The number of carbonyl (C=O) groups excluding carboxylic acids is 1. The molecular formula is C15H12N2O3. The van der Waals surface area contributed by atoms with E-state index in [1.54, 1.807) is 18.2 Å². The summed E-state index contributed by atoms with van der Waals surface area (Å²) in [7, 11) is 0. The number of hydrogen-bond acceptors (Lipinski definition) is 4. The van der Waals surface area contributed by atoms with Crippen molar-refractivity contribution in [2.45, 2.75) is 0 Å². The summed E-state index contributed by atoms with van der Waals surface area (Å²) < 4.78 is 4.64. The average Bonchev–Trinajstić information content (AvgIpc) is 2.46. The third kappa shape index (κ3) is 3.57. The Labute approximate surface area is 115 Å². The first-order valence-corrected chi connectivity index (χ1v) is 5.88. The van der Waals surface area contributed by atoms with Crippen molar-refractivity contribution in [2.24, 2.45) is 5.73 Å². The van der Waals surface area contributed by atoms with Crippen LogP contribution < -0.4 is 16.7 Å². The van der Waals surface area contributed by atoms with Gasteiger partial charge in [-0.2, -0.15) is 0 Å². The number of amides is 1. The molecule has 2 rings (SSSR count). The third-order valence-electron chi connectivity index (χ3n) is 2.42. The van der Waals surface area contributed by atoms with Gasteiger partial charge in [0.2, 0.25) is 0 Å². The number of benzene rings is 1. The van der Waals surface area contributed by atoms with Crippen LogP contribution in [0.5, 0.6) is 0 Å². The predicted molar refractivity (Wildman–Crippen MR) is 75.3 cm³/mol. The molecule has 5 heteroatoms. The molecule has 20 heavy (non-hydrogen) atoms. The highest BCUT2D eigenvalue weighted by atomic mass is 16.4. The highest BCUT2D eigenvalue weighted by molar-refractivity contribution is 6.03. The van der Waals surface area contributed by atoms with Crippen LogP contribution in [0.1, 0.15) is 15.9 Å². The maximum atomic E-state index is 11.9. The standard InChI is InChI=1S/C15H12N2O3/c16-8-2-4-11-3-1-5-13(9-11)17-15(19)12-6-7-14(18)20-10-12/h1,3,5-7,9-10H,8,16H2,(H,17,19). The van der Waals surface area contributed by atoms with Crippen molar-refractivity contribution in [2.75, 3.05) is 11.9 Å². The molecule has 3 N–H and O–H groups in total. The monoisotopic (exact) mass is 268 g/mol. The number of nitrogens with two attached hydrogens (primary N) is 1. The van der Waals surface area contributed by atoms with E-state index in [1.165, 1.54) is 12.1 Å². The normalized spacial score (nSPS) is 9.45. The summed E-state index contributed by atoms with van der Waals surface area (Å²) in [5.74, 6) is 5.25. The quantitative estimate of drug-likeness (QED) is 0.801. The molecule has 0 saturated heterocycles. The van der Waals surface area contributed by atoms with Crippen molar-refractivity contribution in [3.63, 3.8) is 0 Å². The van der Waals surface area contributed by atoms with E-state index in [1.807, 2.05) is 6.07 Å². The van der Waals surface area contributed by atoms with E-state index in [0.717, 1.165) is 11.8 Å². The van der Waals surface area contributed by atoms with Gasteiger partial charge in [-0.25, -0.2) is 4.79 Å². The Morgan fingerprint density at radius 2 is 2.15 bits per heavy atom. The Kier molecular flexibility index (Phi) is 4.32. The fourth-order valence-electron chi connectivity index (χ4n) is 1.52. The molecule has 1 amide bonds. The molecule has 0 saturated carbocycles. The molecule has 2 aromatic rings. The Morgan fingerprint density at radius 3 is 2.85 bits per heavy atom. The first kappa shape index (κ1) is 13.6. The van der Waals surface area contributed by atoms with E-state index in [9.17, 15) is 9.59 Å². The first-order valence-electron chi connectivity index (χ1n) is 5.88. The SMILES string of the molecule is NCC#Cc1cccc(NC(=O)c2ccc(=O)oc2)c1. The maximum Gasteiger partial charge on any atom is 0.335 e. The molecule has 0 radical (unpaired) electrons. The van der Waals surface area contributed by atoms with Crippen LogP contribution >= 0.6 is 0 Å². The summed E-state index contributed by atoms with van der Waals surface area (Å²) in [6.45, 7) is 0.277. The minimum atomic E-state index is -0.499. The Hall–Kier alpha value is -2.84. The van der Waals surface area contributed by atoms with Crippen LogP contribution in [0.4, 0.5) is 5.69 Å². The fourth-order valence-corrected chi connectivity index (χ4v) is 1.52. The minimum Gasteiger partial charge on any atom is -0.430 e. The highest BCUT2D eigenvalue weighted by Crippen LogP contribution is 2.11. The summed E-state index contributed by atoms with van der Waals surface area (Å²) >= 11 is 0. The molecular weight excluding hydrogens is 256 g/mol. The van der Waals surface area contributed by atoms with Crippen LogP contribution in [0.15, 0.2) is 51.9 Å². The number of carbonyl (C=O) groups is 1. The van der Waals surface area contributed by atoms with Crippen LogP contribution in [0.25, 0.3) is 0 Å². The van der Waals surface area contributed by atoms with Crippen LogP contribution in [0.2, 0.25) is 0 Å². The number of hydrogen-bond donors (Lipinski definition) is 2. The molecule has 0 spiro atoms. The molecule has 0 aliphatic heterocycles. The van der Waals surface area contributed by atoms with Crippen molar-refractivity contribution >= 4 is 11.6 Å². The largest absolute Gasteiger partial charge is 0.430 e. The smallest absolute Gasteiger partial charge is 0.335 e. The van der Waals surface area contributed by atoms with Crippen LogP contribution in [0.3, 0.4) is 0 Å². The predicted octanol–water partition coefficient (Wildman–Crippen LogP) is 1.20. The molecule has 100 valence electrons. The zero-order chi connectivity index (χ0) is 14.4. The van der Waals surface area contributed by atoms with Crippen molar-refractivity contribution in [1.82, 2.24) is 0 Å². The van der Waals surface area contributed by atoms with Crippen LogP contribution in [-0.2, 0) is 0 Å². The second kappa shape index (κ2) is 6.36. The fraction of sp³-hybridized carbons (Fsp3) is 0.0667. The number of rotatable bonds is 2. The van der Waals surface area contributed by atoms with E-state index in [-0.39, 0.29) is 18.0 Å². The summed E-state index contributed by atoms with van der Waals surface area (Å²) in [6, 6.07) is 9.67. The molecule has 1 heterocycles. The lowest BCUT2D eigenvalue weighted by atomic mass is 10.2. The third-order valence-corrected chi connectivity index (χ3v) is 2.42. The summed E-state index contributed by atoms with van der Waals surface area (Å²) in [6.07, 6.45) is 1.12. The van der Waals surface area contributed by atoms with Gasteiger partial charge in [0.15, 0.2) is 0 Å². The molecule has 1 aromatic heterocycles. The van der Waals surface area contributed by atoms with Gasteiger partial charge in [0.25, 0.3) is 5.91 Å². The van der Waals surface area contributed by atoms with Gasteiger partial charge in [-0.3, -0.25) is 4.79 Å². The zero-order valence-electron chi connectivity index (χ0n) is 10.6. The topological polar surface area (TPSA) is 85.3 Å². The Balaban J connectivity index is 2.15. The van der Waals surface area contributed by atoms with Gasteiger partial charge in [-0.1, -0.05) is 17.9 Å². The molecule has 0 aliphatic carbocycles. The molecule has 0 fully saturated rings. The van der Waals surface area contributed by atoms with Crippen molar-refractivity contribution < 1.29 is 9.21 Å². The zero-order valence-corrected chi connectivity index (χ0v) is 10.6. The van der Waals surface area contributed by atoms with Crippen molar-refractivity contribution in [3.8, 4) is 11.8 Å². The van der Waals surface area contributed by atoms with Crippen LogP contribution in [0, 0.1) is 11.8 Å². The van der Waals surface area contributed by atoms with Gasteiger partial charge in [-0.15, -0.1) is 0 Å². The number of nitrogens with one attached hydrogen (secondary N) is 1. The lowest BCUT2D eigenvalue weighted by Gasteiger charge is -2.04. The molecule has 0 bridgehead atoms. The van der Waals surface area contributed by atoms with Gasteiger partial charge < -0.3 is 15.5 Å². The maximum absolute atomic E-state index is 11.9. The first-order chi connectivity index (χ1) is 9.69. The van der Waals surface area contributed by atoms with Gasteiger partial charge in [-0.05, 0) is 24.3 Å². The van der Waals surface area contributed by atoms with Gasteiger partial charge in [0, 0.05) is 17.3 Å². The van der Waals surface area contributed by atoms with Gasteiger partial charge >= 0.3 is 5.63 Å². The average molecular weight is 268 g/mol. The van der Waals surface area contributed by atoms with Gasteiger partial charge in [0.05, 0.1) is 12.1 Å². The van der Waals surface area contributed by atoms with Gasteiger partial charge in [0.1, 0.15) is 6.26 Å². The molecule has 0 unspecified atom stereocenters. The van der Waals surface area contributed by atoms with Crippen LogP contribution in [-0.4, -0.2) is 12.5 Å². The van der Waals surface area contributed by atoms with E-state index in [0.29, 0.717) is 5.69 Å². The Morgan fingerprint density at radius 1 is 1.30 bits per heavy atom. The summed E-state index contributed by atoms with van der Waals surface area (Å²) in [5.41, 5.74) is 6.43. The highest BCUT2D eigenvalue weighted by Gasteiger charge is 2.06. The molecule has 5 nitrogen and oxygen atoms in total. The lowest BCUT2D eigenvalue weighted by molar-refractivity contribution is 0.102. The van der Waals surface area contributed by atoms with E-state index >= 15 is 0 Å². The molecule has 0 aliphatic rings. The van der Waals surface area contributed by atoms with E-state index in [4.69, 9.17) is 5.73 Å². The van der Waals surface area contributed by atoms with E-state index < -0.39 is 5.63 Å².